The van der Waals surface area contributed by atoms with Crippen molar-refractivity contribution < 1.29 is 38.7 Å². The molecule has 1 unspecified atom stereocenters. The molecule has 0 saturated heterocycles. The van der Waals surface area contributed by atoms with Crippen LogP contribution in [0.5, 0.6) is 17.2 Å². The van der Waals surface area contributed by atoms with Crippen molar-refractivity contribution in [1.82, 2.24) is 0 Å². The molecule has 0 spiro atoms. The van der Waals surface area contributed by atoms with E-state index in [0.29, 0.717) is 35.8 Å². The predicted octanol–water partition coefficient (Wildman–Crippen LogP) is 2.75. The minimum Gasteiger partial charge on any atom is -0.493 e. The normalized spacial score (nSPS) is 17.5. The number of aliphatic carboxylic acids is 1. The molecule has 1 N–H and O–H groups in total. The van der Waals surface area contributed by atoms with Crippen molar-refractivity contribution in [2.45, 2.75) is 25.4 Å². The number of fused-ring (bicyclic) bond motifs is 1. The monoisotopic (exact) mass is 446 g/mol. The summed E-state index contributed by atoms with van der Waals surface area (Å²) in [6.07, 6.45) is 0.744. The highest BCUT2D eigenvalue weighted by Crippen LogP contribution is 2.40. The summed E-state index contributed by atoms with van der Waals surface area (Å²) in [7, 11) is 2.99. The lowest BCUT2D eigenvalue weighted by molar-refractivity contribution is -0.384. The van der Waals surface area contributed by atoms with Gasteiger partial charge in [-0.3, -0.25) is 10.1 Å². The second kappa shape index (κ2) is 9.00. The van der Waals surface area contributed by atoms with Crippen molar-refractivity contribution in [1.29, 1.82) is 0 Å². The Kier molecular flexibility index (Phi) is 6.37. The lowest BCUT2D eigenvalue weighted by atomic mass is 9.98. The SMILES string of the molecule is COc1cc2c(cc1OC)N(Oc1ccc([N+](=O)[O-])cc1)CC(C)(OC(=O)C(=O)O)CC2. The highest BCUT2D eigenvalue weighted by Gasteiger charge is 2.38. The Morgan fingerprint density at radius 2 is 1.75 bits per heavy atom. The predicted molar refractivity (Wildman–Crippen MR) is 111 cm³/mol. The van der Waals surface area contributed by atoms with Crippen LogP contribution in [0, 0.1) is 10.1 Å². The maximum absolute atomic E-state index is 11.8. The van der Waals surface area contributed by atoms with Gasteiger partial charge in [-0.05, 0) is 43.5 Å². The average molecular weight is 446 g/mol. The van der Waals surface area contributed by atoms with Crippen LogP contribution < -0.4 is 19.4 Å². The molecule has 2 aromatic rings. The van der Waals surface area contributed by atoms with Gasteiger partial charge in [0.15, 0.2) is 17.2 Å². The molecule has 32 heavy (non-hydrogen) atoms. The second-order valence-corrected chi connectivity index (χ2v) is 7.36. The molecule has 1 atom stereocenters. The topological polar surface area (TPSA) is 138 Å². The van der Waals surface area contributed by atoms with Gasteiger partial charge in [-0.2, -0.15) is 0 Å². The summed E-state index contributed by atoms with van der Waals surface area (Å²) in [6.45, 7) is 1.60. The Labute approximate surface area is 183 Å². The van der Waals surface area contributed by atoms with Crippen molar-refractivity contribution in [2.24, 2.45) is 0 Å². The molecule has 0 bridgehead atoms. The maximum atomic E-state index is 11.8. The molecule has 0 saturated carbocycles. The maximum Gasteiger partial charge on any atom is 0.417 e. The molecular weight excluding hydrogens is 424 g/mol. The number of hydrogen-bond donors (Lipinski definition) is 1. The average Bonchev–Trinajstić information content (AvgIpc) is 2.89. The third-order valence-electron chi connectivity index (χ3n) is 5.03. The Morgan fingerprint density at radius 1 is 1.12 bits per heavy atom. The van der Waals surface area contributed by atoms with E-state index in [1.54, 1.807) is 19.1 Å². The van der Waals surface area contributed by atoms with Crippen LogP contribution in [-0.2, 0) is 20.7 Å². The van der Waals surface area contributed by atoms with Gasteiger partial charge in [0, 0.05) is 18.2 Å². The number of anilines is 1. The van der Waals surface area contributed by atoms with Crippen LogP contribution in [0.15, 0.2) is 36.4 Å². The van der Waals surface area contributed by atoms with Crippen molar-refractivity contribution in [3.8, 4) is 17.2 Å². The zero-order valence-electron chi connectivity index (χ0n) is 17.7. The van der Waals surface area contributed by atoms with E-state index in [-0.39, 0.29) is 12.2 Å². The number of esters is 1. The van der Waals surface area contributed by atoms with Gasteiger partial charge in [-0.15, -0.1) is 0 Å². The molecule has 11 heteroatoms. The Morgan fingerprint density at radius 3 is 2.31 bits per heavy atom. The van der Waals surface area contributed by atoms with Gasteiger partial charge in [-0.25, -0.2) is 14.7 Å². The number of ether oxygens (including phenoxy) is 3. The third-order valence-corrected chi connectivity index (χ3v) is 5.03. The molecular formula is C21H22N2O9. The zero-order valence-corrected chi connectivity index (χ0v) is 17.7. The molecule has 0 fully saturated rings. The highest BCUT2D eigenvalue weighted by molar-refractivity contribution is 6.28. The number of nitro groups is 1. The Hall–Kier alpha value is -4.02. The molecule has 1 aliphatic rings. The minimum atomic E-state index is -1.70. The summed E-state index contributed by atoms with van der Waals surface area (Å²) in [6, 6.07) is 8.93. The summed E-state index contributed by atoms with van der Waals surface area (Å²) >= 11 is 0. The van der Waals surface area contributed by atoms with Crippen molar-refractivity contribution in [3.05, 3.63) is 52.1 Å². The standard InChI is InChI=1S/C21H22N2O9/c1-21(31-20(26)19(24)25)9-8-13-10-17(29-2)18(30-3)11-16(13)22(12-21)32-15-6-4-14(5-7-15)23(27)28/h4-7,10-11H,8-9,12H2,1-3H3,(H,24,25). The number of nitro benzene ring substituents is 1. The smallest absolute Gasteiger partial charge is 0.417 e. The summed E-state index contributed by atoms with van der Waals surface area (Å²) in [4.78, 5) is 39.2. The molecule has 0 amide bonds. The molecule has 0 aromatic heterocycles. The first-order valence-electron chi connectivity index (χ1n) is 9.57. The molecule has 0 aliphatic carbocycles. The minimum absolute atomic E-state index is 0.00844. The number of nitrogens with zero attached hydrogens (tertiary/aromatic N) is 2. The van der Waals surface area contributed by atoms with E-state index in [1.807, 2.05) is 0 Å². The molecule has 0 radical (unpaired) electrons. The summed E-state index contributed by atoms with van der Waals surface area (Å²) in [5, 5.41) is 21.3. The lowest BCUT2D eigenvalue weighted by Gasteiger charge is -2.33. The second-order valence-electron chi connectivity index (χ2n) is 7.36. The van der Waals surface area contributed by atoms with Crippen LogP contribution in [0.25, 0.3) is 0 Å². The van der Waals surface area contributed by atoms with E-state index in [9.17, 15) is 19.7 Å². The van der Waals surface area contributed by atoms with Crippen LogP contribution in [0.4, 0.5) is 11.4 Å². The molecule has 1 heterocycles. The number of methoxy groups -OCH3 is 2. The van der Waals surface area contributed by atoms with Crippen molar-refractivity contribution in [2.75, 3.05) is 25.8 Å². The summed E-state index contributed by atoms with van der Waals surface area (Å²) < 4.78 is 16.0. The molecule has 170 valence electrons. The molecule has 1 aliphatic heterocycles. The molecule has 11 nitrogen and oxygen atoms in total. The molecule has 3 rings (SSSR count). The first-order chi connectivity index (χ1) is 15.2. The Bertz CT molecular complexity index is 1040. The number of rotatable bonds is 6. The summed E-state index contributed by atoms with van der Waals surface area (Å²) in [5.41, 5.74) is 0.0893. The van der Waals surface area contributed by atoms with Gasteiger partial charge in [0.1, 0.15) is 5.60 Å². The van der Waals surface area contributed by atoms with E-state index >= 15 is 0 Å². The van der Waals surface area contributed by atoms with E-state index in [0.717, 1.165) is 5.56 Å². The number of carboxylic acids is 1. The fourth-order valence-corrected chi connectivity index (χ4v) is 3.40. The number of benzene rings is 2. The Balaban J connectivity index is 2.01. The largest absolute Gasteiger partial charge is 0.493 e. The van der Waals surface area contributed by atoms with Crippen molar-refractivity contribution in [3.63, 3.8) is 0 Å². The van der Waals surface area contributed by atoms with Gasteiger partial charge in [0.25, 0.3) is 5.69 Å². The number of hydrogen-bond acceptors (Lipinski definition) is 9. The van der Waals surface area contributed by atoms with Gasteiger partial charge in [0.05, 0.1) is 31.4 Å². The van der Waals surface area contributed by atoms with E-state index < -0.39 is 22.5 Å². The van der Waals surface area contributed by atoms with E-state index in [4.69, 9.17) is 24.2 Å². The lowest BCUT2D eigenvalue weighted by Crippen LogP contribution is -2.46. The van der Waals surface area contributed by atoms with Crippen LogP contribution >= 0.6 is 0 Å². The third kappa shape index (κ3) is 4.82. The number of carbonyl (C=O) groups excluding carboxylic acids is 1. The first-order valence-corrected chi connectivity index (χ1v) is 9.57. The van der Waals surface area contributed by atoms with E-state index in [1.165, 1.54) is 43.5 Å². The van der Waals surface area contributed by atoms with Crippen LogP contribution in [0.1, 0.15) is 18.9 Å². The summed E-state index contributed by atoms with van der Waals surface area (Å²) in [5.74, 6) is -1.84. The van der Waals surface area contributed by atoms with Crippen molar-refractivity contribution >= 4 is 23.3 Å². The number of carbonyl (C=O) groups is 2. The van der Waals surface area contributed by atoms with Gasteiger partial charge in [0.2, 0.25) is 0 Å². The van der Waals surface area contributed by atoms with Gasteiger partial charge in [-0.1, -0.05) is 0 Å². The van der Waals surface area contributed by atoms with Gasteiger partial charge < -0.3 is 24.2 Å². The number of carboxylic acid groups (broad SMARTS) is 1. The van der Waals surface area contributed by atoms with E-state index in [2.05, 4.69) is 0 Å². The fraction of sp³-hybridized carbons (Fsp3) is 0.333. The number of hydroxylamine groups is 1. The fourth-order valence-electron chi connectivity index (χ4n) is 3.40. The highest BCUT2D eigenvalue weighted by atomic mass is 16.7. The molecule has 2 aromatic carbocycles. The number of aryl methyl sites for hydroxylation is 1. The van der Waals surface area contributed by atoms with Gasteiger partial charge >= 0.3 is 11.9 Å². The first kappa shape index (κ1) is 22.7. The van der Waals surface area contributed by atoms with Crippen LogP contribution in [0.2, 0.25) is 0 Å². The van der Waals surface area contributed by atoms with Crippen LogP contribution in [0.3, 0.4) is 0 Å². The number of non-ortho nitro benzene ring substituents is 1. The quantitative estimate of drug-likeness (QED) is 0.305. The van der Waals surface area contributed by atoms with Crippen LogP contribution in [-0.4, -0.2) is 48.3 Å². The zero-order chi connectivity index (χ0) is 23.5.